The fourth-order valence-corrected chi connectivity index (χ4v) is 3.63. The van der Waals surface area contributed by atoms with Crippen molar-refractivity contribution >= 4 is 12.3 Å². The Kier molecular flexibility index (Phi) is 11.7. The van der Waals surface area contributed by atoms with Crippen molar-refractivity contribution in [3.8, 4) is 0 Å². The third-order valence-electron chi connectivity index (χ3n) is 5.28. The number of carbonyl (C=O) groups excluding carboxylic acids is 1. The topological polar surface area (TPSA) is 79.7 Å². The molecular weight excluding hydrogens is 368 g/mol. The van der Waals surface area contributed by atoms with E-state index in [0.29, 0.717) is 0 Å². The van der Waals surface area contributed by atoms with Gasteiger partial charge in [0.15, 0.2) is 0 Å². The summed E-state index contributed by atoms with van der Waals surface area (Å²) in [6.45, 7) is 11.3. The predicted molar refractivity (Wildman–Crippen MR) is 115 cm³/mol. The number of rotatable bonds is 7. The van der Waals surface area contributed by atoms with Crippen LogP contribution >= 0.6 is 0 Å². The van der Waals surface area contributed by atoms with Crippen LogP contribution in [0.15, 0.2) is 24.4 Å². The molecule has 0 aliphatic carbocycles. The van der Waals surface area contributed by atoms with Crippen LogP contribution in [0, 0.1) is 24.7 Å². The Hall–Kier alpha value is -1.79. The Morgan fingerprint density at radius 3 is 2.41 bits per heavy atom. The number of ether oxygens (including phenoxy) is 1. The van der Waals surface area contributed by atoms with Gasteiger partial charge in [-0.2, -0.15) is 0 Å². The second kappa shape index (κ2) is 13.4. The first kappa shape index (κ1) is 25.2. The van der Waals surface area contributed by atoms with E-state index in [1.54, 1.807) is 6.20 Å². The number of carbonyl (C=O) groups is 2. The molecule has 1 aromatic heterocycles. The first-order valence-electron chi connectivity index (χ1n) is 10.7. The molecule has 1 N–H and O–H groups in total. The molecule has 0 saturated carbocycles. The highest BCUT2D eigenvalue weighted by Crippen LogP contribution is 2.42. The Bertz CT molecular complexity index is 594. The molecule has 6 heteroatoms. The fraction of sp³-hybridized carbons (Fsp3) is 0.696. The van der Waals surface area contributed by atoms with Crippen molar-refractivity contribution in [2.75, 3.05) is 20.1 Å². The van der Waals surface area contributed by atoms with Crippen LogP contribution < -0.4 is 0 Å². The van der Waals surface area contributed by atoms with E-state index < -0.39 is 17.8 Å². The van der Waals surface area contributed by atoms with Gasteiger partial charge in [-0.05, 0) is 70.8 Å². The minimum Gasteiger partial charge on any atom is -0.481 e. The SMILES string of the molecule is CCCN(C)CCC(C)C.Cc1ccccn1.O=CC1C2CCC(O2)C1C(=O)O. The van der Waals surface area contributed by atoms with Gasteiger partial charge in [0.25, 0.3) is 0 Å². The molecule has 6 nitrogen and oxygen atoms in total. The maximum absolute atomic E-state index is 10.7. The second-order valence-corrected chi connectivity index (χ2v) is 8.32. The van der Waals surface area contributed by atoms with Crippen LogP contribution in [0.2, 0.25) is 0 Å². The van der Waals surface area contributed by atoms with Gasteiger partial charge in [0.1, 0.15) is 6.29 Å². The lowest BCUT2D eigenvalue weighted by atomic mass is 9.80. The maximum Gasteiger partial charge on any atom is 0.309 e. The third kappa shape index (κ3) is 9.05. The van der Waals surface area contributed by atoms with E-state index in [9.17, 15) is 9.59 Å². The number of carboxylic acid groups (broad SMARTS) is 1. The van der Waals surface area contributed by atoms with Crippen molar-refractivity contribution in [1.82, 2.24) is 9.88 Å². The molecular formula is C23H38N2O4. The molecule has 3 rings (SSSR count). The average Bonchev–Trinajstić information content (AvgIpc) is 3.29. The fourth-order valence-electron chi connectivity index (χ4n) is 3.63. The molecule has 0 amide bonds. The van der Waals surface area contributed by atoms with E-state index in [-0.39, 0.29) is 12.2 Å². The number of fused-ring (bicyclic) bond motifs is 2. The monoisotopic (exact) mass is 406 g/mol. The van der Waals surface area contributed by atoms with Crippen molar-refractivity contribution in [3.05, 3.63) is 30.1 Å². The highest BCUT2D eigenvalue weighted by molar-refractivity contribution is 5.77. The van der Waals surface area contributed by atoms with E-state index in [0.717, 1.165) is 30.7 Å². The molecule has 2 fully saturated rings. The lowest BCUT2D eigenvalue weighted by molar-refractivity contribution is -0.145. The molecule has 2 saturated heterocycles. The Morgan fingerprint density at radius 2 is 2.00 bits per heavy atom. The molecule has 2 aliphatic rings. The van der Waals surface area contributed by atoms with Crippen LogP contribution in [0.5, 0.6) is 0 Å². The van der Waals surface area contributed by atoms with Crippen LogP contribution in [0.25, 0.3) is 0 Å². The summed E-state index contributed by atoms with van der Waals surface area (Å²) < 4.78 is 5.34. The smallest absolute Gasteiger partial charge is 0.309 e. The number of hydrogen-bond donors (Lipinski definition) is 1. The number of pyridine rings is 1. The molecule has 4 unspecified atom stereocenters. The minimum atomic E-state index is -0.903. The zero-order valence-corrected chi connectivity index (χ0v) is 18.6. The maximum atomic E-state index is 10.7. The van der Waals surface area contributed by atoms with Gasteiger partial charge in [0.2, 0.25) is 0 Å². The molecule has 3 heterocycles. The van der Waals surface area contributed by atoms with Gasteiger partial charge in [-0.25, -0.2) is 0 Å². The molecule has 4 atom stereocenters. The molecule has 0 aromatic carbocycles. The summed E-state index contributed by atoms with van der Waals surface area (Å²) in [5, 5.41) is 8.80. The van der Waals surface area contributed by atoms with E-state index >= 15 is 0 Å². The lowest BCUT2D eigenvalue weighted by Crippen LogP contribution is -2.34. The van der Waals surface area contributed by atoms with Crippen LogP contribution in [0.4, 0.5) is 0 Å². The van der Waals surface area contributed by atoms with Gasteiger partial charge in [0.05, 0.1) is 24.0 Å². The van der Waals surface area contributed by atoms with Crippen LogP contribution in [0.1, 0.15) is 52.1 Å². The van der Waals surface area contributed by atoms with Gasteiger partial charge in [-0.3, -0.25) is 9.78 Å². The van der Waals surface area contributed by atoms with Gasteiger partial charge in [0, 0.05) is 11.9 Å². The number of carboxylic acids is 1. The summed E-state index contributed by atoms with van der Waals surface area (Å²) in [6, 6.07) is 5.86. The quantitative estimate of drug-likeness (QED) is 0.693. The van der Waals surface area contributed by atoms with Crippen molar-refractivity contribution in [2.45, 2.75) is 65.6 Å². The van der Waals surface area contributed by atoms with Crippen LogP contribution in [0.3, 0.4) is 0 Å². The Morgan fingerprint density at radius 1 is 1.31 bits per heavy atom. The van der Waals surface area contributed by atoms with E-state index in [2.05, 4.69) is 37.7 Å². The largest absolute Gasteiger partial charge is 0.481 e. The first-order valence-corrected chi connectivity index (χ1v) is 10.7. The summed E-state index contributed by atoms with van der Waals surface area (Å²) in [6.07, 6.45) is 6.38. The average molecular weight is 407 g/mol. The standard InChI is InChI=1S/C9H21N.C8H10O4.C6H7N/c1-5-7-10(4)8-6-9(2)3;9-3-4-5-1-2-6(12-5)7(4)8(10)11;1-6-4-2-3-5-7-6/h9H,5-8H2,1-4H3;3-7H,1-2H2,(H,10,11);2-5H,1H3. The van der Waals surface area contributed by atoms with E-state index in [1.807, 2.05) is 25.1 Å². The summed E-state index contributed by atoms with van der Waals surface area (Å²) >= 11 is 0. The van der Waals surface area contributed by atoms with Gasteiger partial charge in [-0.15, -0.1) is 0 Å². The van der Waals surface area contributed by atoms with E-state index in [1.165, 1.54) is 25.9 Å². The van der Waals surface area contributed by atoms with E-state index in [4.69, 9.17) is 9.84 Å². The molecule has 2 bridgehead atoms. The number of aliphatic carboxylic acids is 1. The van der Waals surface area contributed by atoms with Gasteiger partial charge < -0.3 is 19.5 Å². The Balaban J connectivity index is 0.000000226. The minimum absolute atomic E-state index is 0.131. The van der Waals surface area contributed by atoms with Crippen molar-refractivity contribution < 1.29 is 19.4 Å². The van der Waals surface area contributed by atoms with Gasteiger partial charge in [-0.1, -0.05) is 26.8 Å². The summed E-state index contributed by atoms with van der Waals surface area (Å²) in [4.78, 5) is 27.7. The zero-order chi connectivity index (χ0) is 21.8. The summed E-state index contributed by atoms with van der Waals surface area (Å²) in [5.74, 6) is -1.07. The normalized spacial score (nSPS) is 24.5. The summed E-state index contributed by atoms with van der Waals surface area (Å²) in [7, 11) is 2.20. The molecule has 0 radical (unpaired) electrons. The Labute approximate surface area is 175 Å². The number of aldehydes is 1. The predicted octanol–water partition coefficient (Wildman–Crippen LogP) is 3.83. The highest BCUT2D eigenvalue weighted by atomic mass is 16.5. The van der Waals surface area contributed by atoms with Gasteiger partial charge >= 0.3 is 5.97 Å². The third-order valence-corrected chi connectivity index (χ3v) is 5.28. The van der Waals surface area contributed by atoms with Crippen molar-refractivity contribution in [3.63, 3.8) is 0 Å². The zero-order valence-electron chi connectivity index (χ0n) is 18.6. The number of aryl methyl sites for hydroxylation is 1. The van der Waals surface area contributed by atoms with Crippen LogP contribution in [-0.2, 0) is 14.3 Å². The van der Waals surface area contributed by atoms with Crippen LogP contribution in [-0.4, -0.2) is 59.6 Å². The number of nitrogens with zero attached hydrogens (tertiary/aromatic N) is 2. The second-order valence-electron chi connectivity index (χ2n) is 8.32. The molecule has 29 heavy (non-hydrogen) atoms. The number of hydrogen-bond acceptors (Lipinski definition) is 5. The number of aromatic nitrogens is 1. The van der Waals surface area contributed by atoms with Crippen molar-refractivity contribution in [2.24, 2.45) is 17.8 Å². The van der Waals surface area contributed by atoms with Crippen molar-refractivity contribution in [1.29, 1.82) is 0 Å². The molecule has 0 spiro atoms. The lowest BCUT2D eigenvalue weighted by Gasteiger charge is -2.19. The molecule has 1 aromatic rings. The summed E-state index contributed by atoms with van der Waals surface area (Å²) in [5.41, 5.74) is 1.07. The molecule has 164 valence electrons. The molecule has 2 aliphatic heterocycles. The first-order chi connectivity index (χ1) is 13.8. The highest BCUT2D eigenvalue weighted by Gasteiger charge is 2.52.